The predicted molar refractivity (Wildman–Crippen MR) is 113 cm³/mol. The SMILES string of the molecule is CC(C)(C)OC(=O)NCc1cc(-c2ccc(F)c(Cl)c2)nc(C(O)(CN)C2CC2)c1. The summed E-state index contributed by atoms with van der Waals surface area (Å²) in [6, 6.07) is 7.80. The number of aromatic nitrogens is 1. The molecule has 0 radical (unpaired) electrons. The molecule has 1 saturated carbocycles. The van der Waals surface area contributed by atoms with Gasteiger partial charge >= 0.3 is 6.09 Å². The number of hydrogen-bond acceptors (Lipinski definition) is 5. The molecular weight excluding hydrogens is 409 g/mol. The molecule has 0 spiro atoms. The molecule has 4 N–H and O–H groups in total. The monoisotopic (exact) mass is 435 g/mol. The van der Waals surface area contributed by atoms with Gasteiger partial charge in [0.05, 0.1) is 16.4 Å². The molecular formula is C22H27ClFN3O3. The highest BCUT2D eigenvalue weighted by Crippen LogP contribution is 2.45. The molecule has 2 aromatic rings. The standard InChI is InChI=1S/C22H27ClFN3O3/c1-21(2,3)30-20(28)26-11-13-8-18(14-4-7-17(24)16(23)10-14)27-19(9-13)22(29,12-25)15-5-6-15/h4,7-10,15,29H,5-6,11-12,25H2,1-3H3,(H,26,28). The van der Waals surface area contributed by atoms with Crippen molar-refractivity contribution in [2.24, 2.45) is 11.7 Å². The second-order valence-electron chi connectivity index (χ2n) is 8.63. The molecule has 1 atom stereocenters. The van der Waals surface area contributed by atoms with Crippen molar-refractivity contribution in [1.29, 1.82) is 0 Å². The number of halogens is 2. The highest BCUT2D eigenvalue weighted by atomic mass is 35.5. The molecule has 1 aliphatic rings. The van der Waals surface area contributed by atoms with E-state index < -0.39 is 23.1 Å². The van der Waals surface area contributed by atoms with Crippen molar-refractivity contribution in [3.05, 3.63) is 52.4 Å². The summed E-state index contributed by atoms with van der Waals surface area (Å²) >= 11 is 5.94. The first-order chi connectivity index (χ1) is 14.0. The van der Waals surface area contributed by atoms with Crippen molar-refractivity contribution in [2.75, 3.05) is 6.54 Å². The number of carbonyl (C=O) groups is 1. The van der Waals surface area contributed by atoms with Gasteiger partial charge in [0.25, 0.3) is 0 Å². The molecule has 6 nitrogen and oxygen atoms in total. The van der Waals surface area contributed by atoms with Gasteiger partial charge in [0, 0.05) is 18.7 Å². The molecule has 1 fully saturated rings. The fourth-order valence-electron chi connectivity index (χ4n) is 3.24. The summed E-state index contributed by atoms with van der Waals surface area (Å²) in [5.74, 6) is -0.492. The molecule has 1 aliphatic carbocycles. The fraction of sp³-hybridized carbons (Fsp3) is 0.455. The van der Waals surface area contributed by atoms with Crippen molar-refractivity contribution in [1.82, 2.24) is 10.3 Å². The zero-order chi connectivity index (χ0) is 22.1. The van der Waals surface area contributed by atoms with Gasteiger partial charge < -0.3 is 20.9 Å². The van der Waals surface area contributed by atoms with E-state index in [1.54, 1.807) is 39.0 Å². The Kier molecular flexibility index (Phi) is 6.36. The smallest absolute Gasteiger partial charge is 0.407 e. The molecule has 162 valence electrons. The van der Waals surface area contributed by atoms with Crippen LogP contribution in [0.3, 0.4) is 0 Å². The largest absolute Gasteiger partial charge is 0.444 e. The van der Waals surface area contributed by atoms with Crippen molar-refractivity contribution in [2.45, 2.75) is 51.4 Å². The minimum Gasteiger partial charge on any atom is -0.444 e. The Bertz CT molecular complexity index is 944. The molecule has 1 heterocycles. The average molecular weight is 436 g/mol. The van der Waals surface area contributed by atoms with Crippen LogP contribution in [0.25, 0.3) is 11.3 Å². The van der Waals surface area contributed by atoms with Gasteiger partial charge in [0.1, 0.15) is 17.0 Å². The molecule has 1 unspecified atom stereocenters. The molecule has 1 aromatic heterocycles. The molecule has 0 aliphatic heterocycles. The third-order valence-corrected chi connectivity index (χ3v) is 5.23. The lowest BCUT2D eigenvalue weighted by molar-refractivity contribution is 0.0179. The number of aliphatic hydroxyl groups is 1. The summed E-state index contributed by atoms with van der Waals surface area (Å²) in [4.78, 5) is 16.7. The number of pyridine rings is 1. The zero-order valence-electron chi connectivity index (χ0n) is 17.3. The van der Waals surface area contributed by atoms with E-state index in [0.29, 0.717) is 22.5 Å². The number of amides is 1. The quantitative estimate of drug-likeness (QED) is 0.634. The van der Waals surface area contributed by atoms with Crippen LogP contribution in [0.2, 0.25) is 5.02 Å². The van der Waals surface area contributed by atoms with Gasteiger partial charge in [-0.1, -0.05) is 11.6 Å². The lowest BCUT2D eigenvalue weighted by Crippen LogP contribution is -2.38. The molecule has 30 heavy (non-hydrogen) atoms. The van der Waals surface area contributed by atoms with Gasteiger partial charge in [0.15, 0.2) is 0 Å². The summed E-state index contributed by atoms with van der Waals surface area (Å²) in [6.45, 7) is 5.54. The lowest BCUT2D eigenvalue weighted by Gasteiger charge is -2.27. The maximum absolute atomic E-state index is 13.6. The second kappa shape index (κ2) is 8.49. The molecule has 0 saturated heterocycles. The molecule has 1 amide bonds. The third-order valence-electron chi connectivity index (χ3n) is 4.94. The third kappa shape index (κ3) is 5.28. The summed E-state index contributed by atoms with van der Waals surface area (Å²) in [6.07, 6.45) is 1.18. The van der Waals surface area contributed by atoms with Crippen molar-refractivity contribution in [3.63, 3.8) is 0 Å². The van der Waals surface area contributed by atoms with E-state index in [0.717, 1.165) is 12.8 Å². The van der Waals surface area contributed by atoms with Crippen LogP contribution in [0.1, 0.15) is 44.9 Å². The van der Waals surface area contributed by atoms with Crippen LogP contribution in [0, 0.1) is 11.7 Å². The summed E-state index contributed by atoms with van der Waals surface area (Å²) < 4.78 is 18.9. The van der Waals surface area contributed by atoms with E-state index in [4.69, 9.17) is 22.1 Å². The Labute approximate surface area is 180 Å². The predicted octanol–water partition coefficient (Wildman–Crippen LogP) is 4.12. The fourth-order valence-corrected chi connectivity index (χ4v) is 3.42. The first kappa shape index (κ1) is 22.5. The van der Waals surface area contributed by atoms with Gasteiger partial charge in [-0.25, -0.2) is 14.2 Å². The number of nitrogens with zero attached hydrogens (tertiary/aromatic N) is 1. The maximum atomic E-state index is 13.6. The number of nitrogens with one attached hydrogen (secondary N) is 1. The minimum absolute atomic E-state index is 0.0237. The van der Waals surface area contributed by atoms with Gasteiger partial charge in [0.2, 0.25) is 0 Å². The van der Waals surface area contributed by atoms with E-state index in [9.17, 15) is 14.3 Å². The normalized spacial score (nSPS) is 16.1. The Balaban J connectivity index is 1.96. The summed E-state index contributed by atoms with van der Waals surface area (Å²) in [5.41, 5.74) is 6.25. The molecule has 3 rings (SSSR count). The van der Waals surface area contributed by atoms with Crippen molar-refractivity contribution >= 4 is 17.7 Å². The van der Waals surface area contributed by atoms with Crippen LogP contribution >= 0.6 is 11.6 Å². The van der Waals surface area contributed by atoms with Gasteiger partial charge in [-0.15, -0.1) is 0 Å². The minimum atomic E-state index is -1.26. The number of carbonyl (C=O) groups excluding carboxylic acids is 1. The van der Waals surface area contributed by atoms with E-state index in [1.807, 2.05) is 0 Å². The van der Waals surface area contributed by atoms with Gasteiger partial charge in [-0.05, 0) is 75.4 Å². The Morgan fingerprint density at radius 1 is 1.33 bits per heavy atom. The number of nitrogens with two attached hydrogens (primary N) is 1. The maximum Gasteiger partial charge on any atom is 0.407 e. The summed E-state index contributed by atoms with van der Waals surface area (Å²) in [5, 5.41) is 13.9. The van der Waals surface area contributed by atoms with Crippen LogP contribution in [-0.4, -0.2) is 28.3 Å². The van der Waals surface area contributed by atoms with Crippen LogP contribution < -0.4 is 11.1 Å². The first-order valence-electron chi connectivity index (χ1n) is 9.88. The van der Waals surface area contributed by atoms with Crippen LogP contribution in [0.5, 0.6) is 0 Å². The number of alkyl carbamates (subject to hydrolysis) is 1. The lowest BCUT2D eigenvalue weighted by atomic mass is 9.91. The van der Waals surface area contributed by atoms with E-state index in [2.05, 4.69) is 10.3 Å². The number of hydrogen-bond donors (Lipinski definition) is 3. The van der Waals surface area contributed by atoms with Gasteiger partial charge in [-0.3, -0.25) is 0 Å². The van der Waals surface area contributed by atoms with Crippen LogP contribution in [-0.2, 0) is 16.9 Å². The molecule has 1 aromatic carbocycles. The Hall–Kier alpha value is -2.22. The molecule has 8 heteroatoms. The van der Waals surface area contributed by atoms with Crippen LogP contribution in [0.15, 0.2) is 30.3 Å². The van der Waals surface area contributed by atoms with Crippen molar-refractivity contribution in [3.8, 4) is 11.3 Å². The van der Waals surface area contributed by atoms with Crippen molar-refractivity contribution < 1.29 is 19.0 Å². The van der Waals surface area contributed by atoms with Crippen LogP contribution in [0.4, 0.5) is 9.18 Å². The molecule has 0 bridgehead atoms. The summed E-state index contributed by atoms with van der Waals surface area (Å²) in [7, 11) is 0. The number of benzene rings is 1. The zero-order valence-corrected chi connectivity index (χ0v) is 18.1. The number of ether oxygens (including phenoxy) is 1. The first-order valence-corrected chi connectivity index (χ1v) is 10.3. The number of rotatable bonds is 6. The van der Waals surface area contributed by atoms with E-state index in [-0.39, 0.29) is 24.0 Å². The van der Waals surface area contributed by atoms with Gasteiger partial charge in [-0.2, -0.15) is 0 Å². The Morgan fingerprint density at radius 3 is 2.60 bits per heavy atom. The topological polar surface area (TPSA) is 97.5 Å². The highest BCUT2D eigenvalue weighted by Gasteiger charge is 2.45. The second-order valence-corrected chi connectivity index (χ2v) is 9.04. The van der Waals surface area contributed by atoms with E-state index >= 15 is 0 Å². The van der Waals surface area contributed by atoms with E-state index in [1.165, 1.54) is 12.1 Å². The Morgan fingerprint density at radius 2 is 2.03 bits per heavy atom. The highest BCUT2D eigenvalue weighted by molar-refractivity contribution is 6.31. The average Bonchev–Trinajstić information content (AvgIpc) is 3.52.